The van der Waals surface area contributed by atoms with Crippen LogP contribution in [0.5, 0.6) is 0 Å². The SMILES string of the molecule is Cc1cccc(N2CCN(C(=O)CN(C)CC(=O)Nc3cc(C)ccn3)CC2)c1. The monoisotopic (exact) mass is 395 g/mol. The highest BCUT2D eigenvalue weighted by molar-refractivity contribution is 5.91. The Morgan fingerprint density at radius 2 is 1.76 bits per heavy atom. The van der Waals surface area contributed by atoms with Crippen LogP contribution in [-0.2, 0) is 9.59 Å². The smallest absolute Gasteiger partial charge is 0.239 e. The molecule has 3 rings (SSSR count). The molecule has 1 aliphatic rings. The normalized spacial score (nSPS) is 14.2. The van der Waals surface area contributed by atoms with Gasteiger partial charge in [-0.3, -0.25) is 14.5 Å². The number of hydrogen-bond acceptors (Lipinski definition) is 5. The summed E-state index contributed by atoms with van der Waals surface area (Å²) in [5.41, 5.74) is 3.47. The summed E-state index contributed by atoms with van der Waals surface area (Å²) in [6, 6.07) is 12.1. The van der Waals surface area contributed by atoms with E-state index >= 15 is 0 Å². The van der Waals surface area contributed by atoms with Crippen molar-refractivity contribution < 1.29 is 9.59 Å². The minimum atomic E-state index is -0.178. The number of nitrogens with zero attached hydrogens (tertiary/aromatic N) is 4. The highest BCUT2D eigenvalue weighted by Crippen LogP contribution is 2.17. The second-order valence-electron chi connectivity index (χ2n) is 7.65. The molecular weight excluding hydrogens is 366 g/mol. The van der Waals surface area contributed by atoms with Gasteiger partial charge in [-0.15, -0.1) is 0 Å². The fourth-order valence-electron chi connectivity index (χ4n) is 3.46. The van der Waals surface area contributed by atoms with E-state index in [1.54, 1.807) is 18.1 Å². The highest BCUT2D eigenvalue weighted by Gasteiger charge is 2.22. The Bertz CT molecular complexity index is 862. The van der Waals surface area contributed by atoms with Crippen LogP contribution < -0.4 is 10.2 Å². The first kappa shape index (κ1) is 20.8. The van der Waals surface area contributed by atoms with Crippen molar-refractivity contribution in [3.63, 3.8) is 0 Å². The standard InChI is InChI=1S/C22H29N5O2/c1-17-5-4-6-19(13-17)26-9-11-27(12-10-26)22(29)16-25(3)15-21(28)24-20-14-18(2)7-8-23-20/h4-8,13-14H,9-12,15-16H2,1-3H3,(H,23,24,28). The maximum absolute atomic E-state index is 12.6. The molecule has 7 heteroatoms. The molecule has 0 unspecified atom stereocenters. The molecule has 7 nitrogen and oxygen atoms in total. The third-order valence-corrected chi connectivity index (χ3v) is 5.00. The van der Waals surface area contributed by atoms with Crippen LogP contribution in [0.3, 0.4) is 0 Å². The molecule has 1 saturated heterocycles. The van der Waals surface area contributed by atoms with Gasteiger partial charge in [-0.05, 0) is 56.3 Å². The minimum absolute atomic E-state index is 0.0536. The van der Waals surface area contributed by atoms with Crippen molar-refractivity contribution in [2.75, 3.05) is 56.5 Å². The van der Waals surface area contributed by atoms with Crippen LogP contribution in [0.4, 0.5) is 11.5 Å². The van der Waals surface area contributed by atoms with Crippen LogP contribution >= 0.6 is 0 Å². The van der Waals surface area contributed by atoms with Gasteiger partial charge in [0.2, 0.25) is 11.8 Å². The van der Waals surface area contributed by atoms with Gasteiger partial charge < -0.3 is 15.1 Å². The Morgan fingerprint density at radius 1 is 1.03 bits per heavy atom. The summed E-state index contributed by atoms with van der Waals surface area (Å²) in [5, 5.41) is 2.77. The van der Waals surface area contributed by atoms with Crippen LogP contribution in [0.1, 0.15) is 11.1 Å². The number of rotatable bonds is 6. The number of carbonyl (C=O) groups excluding carboxylic acids is 2. The van der Waals surface area contributed by atoms with E-state index in [4.69, 9.17) is 0 Å². The molecule has 0 aliphatic carbocycles. The molecule has 1 N–H and O–H groups in total. The molecule has 1 aromatic carbocycles. The van der Waals surface area contributed by atoms with E-state index in [2.05, 4.69) is 46.4 Å². The van der Waals surface area contributed by atoms with E-state index in [1.807, 2.05) is 24.0 Å². The lowest BCUT2D eigenvalue weighted by Crippen LogP contribution is -2.51. The quantitative estimate of drug-likeness (QED) is 0.809. The third kappa shape index (κ3) is 6.02. The lowest BCUT2D eigenvalue weighted by atomic mass is 10.2. The van der Waals surface area contributed by atoms with Gasteiger partial charge in [-0.1, -0.05) is 12.1 Å². The van der Waals surface area contributed by atoms with Crippen LogP contribution in [0.25, 0.3) is 0 Å². The largest absolute Gasteiger partial charge is 0.368 e. The lowest BCUT2D eigenvalue weighted by Gasteiger charge is -2.36. The van der Waals surface area contributed by atoms with Gasteiger partial charge >= 0.3 is 0 Å². The zero-order valence-electron chi connectivity index (χ0n) is 17.4. The van der Waals surface area contributed by atoms with Gasteiger partial charge in [0.1, 0.15) is 5.82 Å². The Labute approximate surface area is 172 Å². The van der Waals surface area contributed by atoms with Crippen molar-refractivity contribution in [3.05, 3.63) is 53.7 Å². The number of aryl methyl sites for hydroxylation is 2. The molecule has 1 aromatic heterocycles. The molecular formula is C22H29N5O2. The van der Waals surface area contributed by atoms with Crippen molar-refractivity contribution >= 4 is 23.3 Å². The summed E-state index contributed by atoms with van der Waals surface area (Å²) in [6.45, 7) is 7.42. The number of anilines is 2. The van der Waals surface area contributed by atoms with Gasteiger partial charge in [-0.25, -0.2) is 4.98 Å². The second kappa shape index (κ2) is 9.52. The van der Waals surface area contributed by atoms with Gasteiger partial charge in [0, 0.05) is 38.1 Å². The van der Waals surface area contributed by atoms with Crippen LogP contribution in [0, 0.1) is 13.8 Å². The van der Waals surface area contributed by atoms with E-state index in [-0.39, 0.29) is 24.9 Å². The minimum Gasteiger partial charge on any atom is -0.368 e. The van der Waals surface area contributed by atoms with Gasteiger partial charge in [0.25, 0.3) is 0 Å². The first-order valence-electron chi connectivity index (χ1n) is 9.91. The van der Waals surface area contributed by atoms with Crippen LogP contribution in [0.2, 0.25) is 0 Å². The number of carbonyl (C=O) groups is 2. The molecule has 0 spiro atoms. The van der Waals surface area contributed by atoms with E-state index in [9.17, 15) is 9.59 Å². The summed E-state index contributed by atoms with van der Waals surface area (Å²) < 4.78 is 0. The third-order valence-electron chi connectivity index (χ3n) is 5.00. The lowest BCUT2D eigenvalue weighted by molar-refractivity contribution is -0.132. The van der Waals surface area contributed by atoms with Gasteiger partial charge in [0.15, 0.2) is 0 Å². The number of nitrogens with one attached hydrogen (secondary N) is 1. The Morgan fingerprint density at radius 3 is 2.45 bits per heavy atom. The summed E-state index contributed by atoms with van der Waals surface area (Å²) >= 11 is 0. The number of pyridine rings is 1. The molecule has 154 valence electrons. The fraction of sp³-hybridized carbons (Fsp3) is 0.409. The first-order chi connectivity index (χ1) is 13.9. The molecule has 0 bridgehead atoms. The molecule has 29 heavy (non-hydrogen) atoms. The van der Waals surface area contributed by atoms with E-state index in [1.165, 1.54) is 11.3 Å². The van der Waals surface area contributed by atoms with Gasteiger partial charge in [-0.2, -0.15) is 0 Å². The van der Waals surface area contributed by atoms with Crippen molar-refractivity contribution in [1.29, 1.82) is 0 Å². The maximum atomic E-state index is 12.6. The topological polar surface area (TPSA) is 68.8 Å². The van der Waals surface area contributed by atoms with Crippen molar-refractivity contribution in [1.82, 2.24) is 14.8 Å². The second-order valence-corrected chi connectivity index (χ2v) is 7.65. The molecule has 1 aliphatic heterocycles. The average Bonchev–Trinajstić information content (AvgIpc) is 2.68. The molecule has 2 amide bonds. The summed E-state index contributed by atoms with van der Waals surface area (Å²) in [7, 11) is 1.78. The molecule has 0 saturated carbocycles. The number of benzene rings is 1. The number of hydrogen-bond donors (Lipinski definition) is 1. The Hall–Kier alpha value is -2.93. The highest BCUT2D eigenvalue weighted by atomic mass is 16.2. The van der Waals surface area contributed by atoms with E-state index < -0.39 is 0 Å². The first-order valence-corrected chi connectivity index (χ1v) is 9.91. The van der Waals surface area contributed by atoms with E-state index in [0.717, 1.165) is 18.7 Å². The predicted octanol–water partition coefficient (Wildman–Crippen LogP) is 1.92. The molecule has 0 atom stereocenters. The van der Waals surface area contributed by atoms with Crippen molar-refractivity contribution in [2.24, 2.45) is 0 Å². The predicted molar refractivity (Wildman–Crippen MR) is 115 cm³/mol. The molecule has 0 radical (unpaired) electrons. The fourth-order valence-corrected chi connectivity index (χ4v) is 3.46. The summed E-state index contributed by atoms with van der Waals surface area (Å²) in [5.74, 6) is 0.405. The number of amides is 2. The zero-order valence-corrected chi connectivity index (χ0v) is 17.4. The molecule has 1 fully saturated rings. The Kier molecular flexibility index (Phi) is 6.82. The number of likely N-dealkylation sites (N-methyl/N-ethyl adjacent to an activating group) is 1. The van der Waals surface area contributed by atoms with Crippen LogP contribution in [-0.4, -0.2) is 72.9 Å². The summed E-state index contributed by atoms with van der Waals surface area (Å²) in [4.78, 5) is 34.9. The molecule has 2 heterocycles. The van der Waals surface area contributed by atoms with Crippen molar-refractivity contribution in [3.8, 4) is 0 Å². The maximum Gasteiger partial charge on any atom is 0.239 e. The zero-order chi connectivity index (χ0) is 20.8. The Balaban J connectivity index is 1.43. The number of aromatic nitrogens is 1. The molecule has 2 aromatic rings. The van der Waals surface area contributed by atoms with Crippen molar-refractivity contribution in [2.45, 2.75) is 13.8 Å². The van der Waals surface area contributed by atoms with Crippen LogP contribution in [0.15, 0.2) is 42.6 Å². The summed E-state index contributed by atoms with van der Waals surface area (Å²) in [6.07, 6.45) is 1.66. The average molecular weight is 396 g/mol. The van der Waals surface area contributed by atoms with E-state index in [0.29, 0.717) is 18.9 Å². The van der Waals surface area contributed by atoms with Gasteiger partial charge in [0.05, 0.1) is 13.1 Å². The number of piperazine rings is 1.